The highest BCUT2D eigenvalue weighted by atomic mass is 35.5. The number of halogens is 1. The van der Waals surface area contributed by atoms with Crippen LogP contribution in [0.4, 0.5) is 16.2 Å². The summed E-state index contributed by atoms with van der Waals surface area (Å²) in [7, 11) is 0. The summed E-state index contributed by atoms with van der Waals surface area (Å²) in [5.74, 6) is 1.11. The number of aliphatic imine (C=N–C) groups is 1. The Balaban J connectivity index is 1.26. The molecule has 0 spiro atoms. The molecule has 2 aliphatic heterocycles. The normalized spacial score (nSPS) is 16.8. The number of anilines is 1. The number of carbonyl (C=O) groups excluding carboxylic acids is 1. The summed E-state index contributed by atoms with van der Waals surface area (Å²) in [6.07, 6.45) is -0.308. The molecule has 0 aliphatic carbocycles. The van der Waals surface area contributed by atoms with Crippen molar-refractivity contribution in [3.05, 3.63) is 88.9 Å². The Hall–Kier alpha value is -3.55. The van der Waals surface area contributed by atoms with Crippen LogP contribution in [0.3, 0.4) is 0 Å². The first kappa shape index (κ1) is 24.2. The summed E-state index contributed by atoms with van der Waals surface area (Å²) in [6, 6.07) is 22.7. The molecule has 2 aliphatic rings. The van der Waals surface area contributed by atoms with Crippen LogP contribution >= 0.6 is 11.6 Å². The van der Waals surface area contributed by atoms with Crippen molar-refractivity contribution in [2.24, 2.45) is 4.99 Å². The third-order valence-corrected chi connectivity index (χ3v) is 7.03. The molecule has 0 aromatic heterocycles. The van der Waals surface area contributed by atoms with Gasteiger partial charge < -0.3 is 19.6 Å². The average Bonchev–Trinajstić information content (AvgIpc) is 2.92. The minimum atomic E-state index is -0.308. The van der Waals surface area contributed by atoms with Crippen LogP contribution in [-0.2, 0) is 17.9 Å². The van der Waals surface area contributed by atoms with E-state index in [9.17, 15) is 9.90 Å². The topological polar surface area (TPSA) is 68.6 Å². The zero-order chi connectivity index (χ0) is 25.1. The fourth-order valence-corrected chi connectivity index (χ4v) is 4.81. The van der Waals surface area contributed by atoms with E-state index in [0.717, 1.165) is 28.3 Å². The van der Waals surface area contributed by atoms with E-state index in [-0.39, 0.29) is 24.5 Å². The number of aromatic hydroxyl groups is 1. The Morgan fingerprint density at radius 1 is 1.00 bits per heavy atom. The van der Waals surface area contributed by atoms with Gasteiger partial charge in [0, 0.05) is 31.2 Å². The van der Waals surface area contributed by atoms with E-state index >= 15 is 0 Å². The predicted octanol–water partition coefficient (Wildman–Crippen LogP) is 5.44. The number of rotatable bonds is 5. The van der Waals surface area contributed by atoms with Crippen LogP contribution in [0.2, 0.25) is 5.02 Å². The Morgan fingerprint density at radius 2 is 1.69 bits per heavy atom. The van der Waals surface area contributed by atoms with E-state index in [1.165, 1.54) is 0 Å². The van der Waals surface area contributed by atoms with Gasteiger partial charge >= 0.3 is 6.09 Å². The fourth-order valence-electron chi connectivity index (χ4n) is 4.68. The lowest BCUT2D eigenvalue weighted by molar-refractivity contribution is 0.0685. The summed E-state index contributed by atoms with van der Waals surface area (Å²) in [5, 5.41) is 11.2. The van der Waals surface area contributed by atoms with Gasteiger partial charge in [-0.15, -0.1) is 0 Å². The number of hydrogen-bond donors (Lipinski definition) is 1. The second kappa shape index (κ2) is 10.6. The van der Waals surface area contributed by atoms with Gasteiger partial charge in [0.05, 0.1) is 24.0 Å². The minimum absolute atomic E-state index is 0.00907. The van der Waals surface area contributed by atoms with E-state index in [1.54, 1.807) is 23.1 Å². The van der Waals surface area contributed by atoms with E-state index < -0.39 is 0 Å². The lowest BCUT2D eigenvalue weighted by Gasteiger charge is -2.41. The molecular weight excluding hydrogens is 476 g/mol. The Morgan fingerprint density at radius 3 is 2.44 bits per heavy atom. The van der Waals surface area contributed by atoms with Crippen molar-refractivity contribution in [1.29, 1.82) is 0 Å². The SMILES string of the molecule is CC(C1=Nc2ccccc2CN1c1ccccc1O)N1CCN(C(=O)OCc2ccc(Cl)cc2)CC1. The van der Waals surface area contributed by atoms with Crippen molar-refractivity contribution in [3.63, 3.8) is 0 Å². The van der Waals surface area contributed by atoms with Gasteiger partial charge in [-0.1, -0.05) is 54.1 Å². The number of nitrogens with zero attached hydrogens (tertiary/aromatic N) is 4. The molecule has 36 heavy (non-hydrogen) atoms. The van der Waals surface area contributed by atoms with Crippen LogP contribution in [0.15, 0.2) is 77.8 Å². The molecule has 1 fully saturated rings. The van der Waals surface area contributed by atoms with Gasteiger partial charge in [0.25, 0.3) is 0 Å². The lowest BCUT2D eigenvalue weighted by atomic mass is 10.1. The van der Waals surface area contributed by atoms with Gasteiger partial charge in [-0.3, -0.25) is 4.90 Å². The molecule has 1 unspecified atom stereocenters. The number of ether oxygens (including phenoxy) is 1. The van der Waals surface area contributed by atoms with Crippen molar-refractivity contribution in [2.45, 2.75) is 26.1 Å². The Bertz CT molecular complexity index is 1260. The molecule has 5 rings (SSSR count). The van der Waals surface area contributed by atoms with Crippen LogP contribution in [-0.4, -0.2) is 59.1 Å². The van der Waals surface area contributed by atoms with Gasteiger partial charge in [0.1, 0.15) is 18.2 Å². The maximum absolute atomic E-state index is 12.6. The van der Waals surface area contributed by atoms with Crippen molar-refractivity contribution in [3.8, 4) is 5.75 Å². The molecule has 0 saturated carbocycles. The highest BCUT2D eigenvalue weighted by Gasteiger charge is 2.32. The number of hydrogen-bond acceptors (Lipinski definition) is 6. The predicted molar refractivity (Wildman–Crippen MR) is 142 cm³/mol. The molecule has 3 aromatic carbocycles. The molecule has 3 aromatic rings. The molecule has 1 amide bonds. The highest BCUT2D eigenvalue weighted by molar-refractivity contribution is 6.30. The van der Waals surface area contributed by atoms with E-state index in [2.05, 4.69) is 22.8 Å². The highest BCUT2D eigenvalue weighted by Crippen LogP contribution is 2.35. The van der Waals surface area contributed by atoms with E-state index in [4.69, 9.17) is 21.3 Å². The first-order valence-corrected chi connectivity index (χ1v) is 12.5. The van der Waals surface area contributed by atoms with Gasteiger partial charge in [0.2, 0.25) is 0 Å². The van der Waals surface area contributed by atoms with Crippen molar-refractivity contribution < 1.29 is 14.6 Å². The number of phenolic OH excluding ortho intramolecular Hbond substituents is 1. The third kappa shape index (κ3) is 5.17. The quantitative estimate of drug-likeness (QED) is 0.501. The molecular formula is C28H29ClN4O3. The first-order chi connectivity index (χ1) is 17.5. The lowest BCUT2D eigenvalue weighted by Crippen LogP contribution is -2.56. The molecule has 2 heterocycles. The number of carbonyl (C=O) groups is 1. The number of amides is 1. The van der Waals surface area contributed by atoms with Gasteiger partial charge in [-0.25, -0.2) is 9.79 Å². The Kier molecular flexibility index (Phi) is 7.11. The Labute approximate surface area is 216 Å². The number of piperazine rings is 1. The fraction of sp³-hybridized carbons (Fsp3) is 0.286. The summed E-state index contributed by atoms with van der Waals surface area (Å²) in [4.78, 5) is 23.8. The maximum Gasteiger partial charge on any atom is 0.410 e. The van der Waals surface area contributed by atoms with Gasteiger partial charge in [0.15, 0.2) is 0 Å². The zero-order valence-corrected chi connectivity index (χ0v) is 20.9. The largest absolute Gasteiger partial charge is 0.506 e. The molecule has 1 saturated heterocycles. The van der Waals surface area contributed by atoms with E-state index in [0.29, 0.717) is 37.7 Å². The van der Waals surface area contributed by atoms with Crippen molar-refractivity contribution in [1.82, 2.24) is 9.80 Å². The number of para-hydroxylation sites is 3. The number of fused-ring (bicyclic) bond motifs is 1. The van der Waals surface area contributed by atoms with Crippen LogP contribution in [0.1, 0.15) is 18.1 Å². The van der Waals surface area contributed by atoms with Crippen LogP contribution in [0, 0.1) is 0 Å². The van der Waals surface area contributed by atoms with Crippen LogP contribution in [0.25, 0.3) is 0 Å². The number of benzene rings is 3. The summed E-state index contributed by atoms with van der Waals surface area (Å²) in [5.41, 5.74) is 3.71. The summed E-state index contributed by atoms with van der Waals surface area (Å²) >= 11 is 5.92. The monoisotopic (exact) mass is 504 g/mol. The zero-order valence-electron chi connectivity index (χ0n) is 20.2. The second-order valence-corrected chi connectivity index (χ2v) is 9.49. The van der Waals surface area contributed by atoms with Crippen molar-refractivity contribution in [2.75, 3.05) is 31.1 Å². The minimum Gasteiger partial charge on any atom is -0.506 e. The van der Waals surface area contributed by atoms with Crippen molar-refractivity contribution >= 4 is 34.9 Å². The molecule has 1 atom stereocenters. The molecule has 8 heteroatoms. The molecule has 1 N–H and O–H groups in total. The van der Waals surface area contributed by atoms with E-state index in [1.807, 2.05) is 48.5 Å². The first-order valence-electron chi connectivity index (χ1n) is 12.1. The smallest absolute Gasteiger partial charge is 0.410 e. The maximum atomic E-state index is 12.6. The number of phenols is 1. The number of amidine groups is 1. The summed E-state index contributed by atoms with van der Waals surface area (Å²) < 4.78 is 5.51. The van der Waals surface area contributed by atoms with Crippen LogP contribution in [0.5, 0.6) is 5.75 Å². The molecule has 0 radical (unpaired) electrons. The molecule has 0 bridgehead atoms. The van der Waals surface area contributed by atoms with Gasteiger partial charge in [-0.05, 0) is 48.4 Å². The standard InChI is InChI=1S/C28H29ClN4O3/c1-20(31-14-16-32(17-15-31)28(35)36-19-21-10-12-23(29)13-11-21)27-30-24-7-3-2-6-22(24)18-33(27)25-8-4-5-9-26(25)34/h2-13,20,34H,14-19H2,1H3. The molecule has 7 nitrogen and oxygen atoms in total. The second-order valence-electron chi connectivity index (χ2n) is 9.05. The van der Waals surface area contributed by atoms with Gasteiger partial charge in [-0.2, -0.15) is 0 Å². The summed E-state index contributed by atoms with van der Waals surface area (Å²) in [6.45, 7) is 5.54. The molecule has 186 valence electrons. The third-order valence-electron chi connectivity index (χ3n) is 6.77. The average molecular weight is 505 g/mol. The van der Waals surface area contributed by atoms with Crippen LogP contribution < -0.4 is 4.90 Å².